The van der Waals surface area contributed by atoms with Crippen molar-refractivity contribution in [3.63, 3.8) is 0 Å². The summed E-state index contributed by atoms with van der Waals surface area (Å²) < 4.78 is 25.8. The smallest absolute Gasteiger partial charge is 0.229 e. The van der Waals surface area contributed by atoms with Gasteiger partial charge in [0, 0.05) is 34.7 Å². The van der Waals surface area contributed by atoms with Crippen LogP contribution in [0.15, 0.2) is 46.9 Å². The molecular formula is C20H23BrN2O4S. The third-order valence-electron chi connectivity index (χ3n) is 4.80. The number of fused-ring (bicyclic) bond motifs is 1. The molecule has 2 aromatic carbocycles. The van der Waals surface area contributed by atoms with Gasteiger partial charge < -0.3 is 10.4 Å². The van der Waals surface area contributed by atoms with E-state index < -0.39 is 16.1 Å². The van der Waals surface area contributed by atoms with Crippen LogP contribution in [0.25, 0.3) is 0 Å². The highest BCUT2D eigenvalue weighted by molar-refractivity contribution is 9.10. The number of aliphatic hydroxyl groups is 1. The first-order chi connectivity index (χ1) is 13.2. The molecule has 2 aromatic rings. The van der Waals surface area contributed by atoms with Gasteiger partial charge in [-0.2, -0.15) is 0 Å². The van der Waals surface area contributed by atoms with E-state index in [9.17, 15) is 18.3 Å². The van der Waals surface area contributed by atoms with Crippen molar-refractivity contribution >= 4 is 37.4 Å². The van der Waals surface area contributed by atoms with Gasteiger partial charge in [-0.3, -0.25) is 9.52 Å². The lowest BCUT2D eigenvalue weighted by Gasteiger charge is -2.24. The molecule has 0 saturated carbocycles. The van der Waals surface area contributed by atoms with Crippen LogP contribution in [0.3, 0.4) is 0 Å². The second-order valence-electron chi connectivity index (χ2n) is 7.07. The molecule has 0 bridgehead atoms. The van der Waals surface area contributed by atoms with E-state index in [0.717, 1.165) is 34.7 Å². The summed E-state index contributed by atoms with van der Waals surface area (Å²) in [5.41, 5.74) is 2.99. The maximum atomic E-state index is 12.7. The standard InChI is InChI=1S/C20H23BrN2O4S/c1-28(26,27)23-17-8-5-14(6-9-17)19(24)12-22-11-15-3-2-13-4-7-16(21)10-18(13)20(15)25/h4-10,15,19,22-24H,2-3,11-12H2,1H3. The van der Waals surface area contributed by atoms with Crippen LogP contribution in [0.1, 0.15) is 34.0 Å². The van der Waals surface area contributed by atoms with E-state index in [-0.39, 0.29) is 11.7 Å². The number of hydrogen-bond donors (Lipinski definition) is 3. The number of benzene rings is 2. The molecule has 0 saturated heterocycles. The normalized spacial score (nSPS) is 17.8. The Morgan fingerprint density at radius 1 is 1.21 bits per heavy atom. The fourth-order valence-electron chi connectivity index (χ4n) is 3.37. The van der Waals surface area contributed by atoms with Crippen LogP contribution in [0, 0.1) is 5.92 Å². The molecule has 0 aromatic heterocycles. The van der Waals surface area contributed by atoms with Crippen molar-refractivity contribution in [2.24, 2.45) is 5.92 Å². The topological polar surface area (TPSA) is 95.5 Å². The molecule has 0 amide bonds. The third-order valence-corrected chi connectivity index (χ3v) is 5.90. The van der Waals surface area contributed by atoms with Crippen molar-refractivity contribution in [3.05, 3.63) is 63.6 Å². The number of carbonyl (C=O) groups is 1. The number of carbonyl (C=O) groups excluding carboxylic acids is 1. The summed E-state index contributed by atoms with van der Waals surface area (Å²) in [6, 6.07) is 12.4. The van der Waals surface area contributed by atoms with Gasteiger partial charge in [0.1, 0.15) is 0 Å². The molecule has 0 spiro atoms. The summed E-state index contributed by atoms with van der Waals surface area (Å²) in [6.45, 7) is 0.823. The first kappa shape index (κ1) is 21.0. The second-order valence-corrected chi connectivity index (χ2v) is 9.74. The van der Waals surface area contributed by atoms with Gasteiger partial charge in [0.2, 0.25) is 10.0 Å². The molecule has 8 heteroatoms. The van der Waals surface area contributed by atoms with Crippen LogP contribution in [-0.4, -0.2) is 38.7 Å². The Hall–Kier alpha value is -1.74. The molecule has 0 aliphatic heterocycles. The number of halogens is 1. The first-order valence-corrected chi connectivity index (χ1v) is 11.7. The largest absolute Gasteiger partial charge is 0.387 e. The summed E-state index contributed by atoms with van der Waals surface area (Å²) in [6.07, 6.45) is 2.01. The van der Waals surface area contributed by atoms with E-state index in [2.05, 4.69) is 26.0 Å². The predicted molar refractivity (Wildman–Crippen MR) is 113 cm³/mol. The Kier molecular flexibility index (Phi) is 6.54. The van der Waals surface area contributed by atoms with Gasteiger partial charge in [0.25, 0.3) is 0 Å². The van der Waals surface area contributed by atoms with E-state index in [1.165, 1.54) is 0 Å². The molecular weight excluding hydrogens is 444 g/mol. The monoisotopic (exact) mass is 466 g/mol. The van der Waals surface area contributed by atoms with Gasteiger partial charge in [-0.1, -0.05) is 34.1 Å². The molecule has 2 atom stereocenters. The van der Waals surface area contributed by atoms with Crippen molar-refractivity contribution in [2.75, 3.05) is 24.1 Å². The summed E-state index contributed by atoms with van der Waals surface area (Å²) >= 11 is 3.42. The Labute approximate surface area is 173 Å². The van der Waals surface area contributed by atoms with Crippen molar-refractivity contribution in [1.82, 2.24) is 5.32 Å². The quantitative estimate of drug-likeness (QED) is 0.582. The molecule has 3 rings (SSSR count). The van der Waals surface area contributed by atoms with Gasteiger partial charge in [-0.15, -0.1) is 0 Å². The number of aliphatic hydroxyl groups excluding tert-OH is 1. The lowest BCUT2D eigenvalue weighted by molar-refractivity contribution is 0.0894. The number of aryl methyl sites for hydroxylation is 1. The van der Waals surface area contributed by atoms with Crippen LogP contribution in [0.2, 0.25) is 0 Å². The maximum Gasteiger partial charge on any atom is 0.229 e. The number of Topliss-reactive ketones (excluding diaryl/α,β-unsaturated/α-hetero) is 1. The van der Waals surface area contributed by atoms with Crippen LogP contribution in [0.5, 0.6) is 0 Å². The summed E-state index contributed by atoms with van der Waals surface area (Å²) in [5, 5.41) is 13.5. The fourth-order valence-corrected chi connectivity index (χ4v) is 4.30. The van der Waals surface area contributed by atoms with E-state index in [4.69, 9.17) is 0 Å². The Morgan fingerprint density at radius 2 is 1.93 bits per heavy atom. The molecule has 0 radical (unpaired) electrons. The summed E-state index contributed by atoms with van der Waals surface area (Å²) in [5.74, 6) is 0.0380. The lowest BCUT2D eigenvalue weighted by atomic mass is 9.83. The highest BCUT2D eigenvalue weighted by Gasteiger charge is 2.27. The summed E-state index contributed by atoms with van der Waals surface area (Å²) in [4.78, 5) is 12.7. The maximum absolute atomic E-state index is 12.7. The summed E-state index contributed by atoms with van der Waals surface area (Å²) in [7, 11) is -3.33. The van der Waals surface area contributed by atoms with E-state index in [1.807, 2.05) is 18.2 Å². The Morgan fingerprint density at radius 3 is 2.61 bits per heavy atom. The fraction of sp³-hybridized carbons (Fsp3) is 0.350. The highest BCUT2D eigenvalue weighted by atomic mass is 79.9. The molecule has 1 aliphatic carbocycles. The van der Waals surface area contributed by atoms with Crippen LogP contribution in [-0.2, 0) is 16.4 Å². The number of sulfonamides is 1. The van der Waals surface area contributed by atoms with Crippen LogP contribution in [0.4, 0.5) is 5.69 Å². The molecule has 6 nitrogen and oxygen atoms in total. The van der Waals surface area contributed by atoms with E-state index in [0.29, 0.717) is 24.3 Å². The van der Waals surface area contributed by atoms with E-state index >= 15 is 0 Å². The Bertz CT molecular complexity index is 961. The van der Waals surface area contributed by atoms with Crippen molar-refractivity contribution < 1.29 is 18.3 Å². The van der Waals surface area contributed by atoms with Crippen molar-refractivity contribution in [1.29, 1.82) is 0 Å². The third kappa shape index (κ3) is 5.41. The average molecular weight is 467 g/mol. The minimum atomic E-state index is -3.33. The van der Waals surface area contributed by atoms with Gasteiger partial charge >= 0.3 is 0 Å². The molecule has 28 heavy (non-hydrogen) atoms. The number of anilines is 1. The van der Waals surface area contributed by atoms with Gasteiger partial charge in [-0.25, -0.2) is 8.42 Å². The van der Waals surface area contributed by atoms with Gasteiger partial charge in [-0.05, 0) is 48.2 Å². The minimum absolute atomic E-state index is 0.102. The molecule has 0 fully saturated rings. The zero-order valence-corrected chi connectivity index (χ0v) is 17.9. The van der Waals surface area contributed by atoms with Crippen LogP contribution >= 0.6 is 15.9 Å². The number of hydrogen-bond acceptors (Lipinski definition) is 5. The van der Waals surface area contributed by atoms with Crippen molar-refractivity contribution in [3.8, 4) is 0 Å². The number of nitrogens with one attached hydrogen (secondary N) is 2. The predicted octanol–water partition coefficient (Wildman–Crippen LogP) is 2.89. The lowest BCUT2D eigenvalue weighted by Crippen LogP contribution is -2.34. The highest BCUT2D eigenvalue weighted by Crippen LogP contribution is 2.28. The Balaban J connectivity index is 1.53. The SMILES string of the molecule is CS(=O)(=O)Nc1ccc(C(O)CNCC2CCc3ccc(Br)cc3C2=O)cc1. The van der Waals surface area contributed by atoms with Crippen LogP contribution < -0.4 is 10.0 Å². The van der Waals surface area contributed by atoms with Crippen molar-refractivity contribution in [2.45, 2.75) is 18.9 Å². The van der Waals surface area contributed by atoms with Gasteiger partial charge in [0.15, 0.2) is 5.78 Å². The molecule has 0 heterocycles. The first-order valence-electron chi connectivity index (χ1n) is 9.02. The van der Waals surface area contributed by atoms with Gasteiger partial charge in [0.05, 0.1) is 12.4 Å². The molecule has 3 N–H and O–H groups in total. The minimum Gasteiger partial charge on any atom is -0.387 e. The number of rotatable bonds is 7. The second kappa shape index (κ2) is 8.73. The average Bonchev–Trinajstić information content (AvgIpc) is 2.63. The molecule has 2 unspecified atom stereocenters. The number of ketones is 1. The molecule has 1 aliphatic rings. The van der Waals surface area contributed by atoms with E-state index in [1.54, 1.807) is 24.3 Å². The zero-order valence-electron chi connectivity index (χ0n) is 15.5. The molecule has 150 valence electrons. The zero-order chi connectivity index (χ0) is 20.3.